The molecule has 0 spiro atoms. The van der Waals surface area contributed by atoms with Crippen molar-refractivity contribution >= 4 is 5.91 Å². The van der Waals surface area contributed by atoms with E-state index in [4.69, 9.17) is 5.73 Å². The number of nitrogens with zero attached hydrogens (tertiary/aromatic N) is 2. The summed E-state index contributed by atoms with van der Waals surface area (Å²) in [6.07, 6.45) is 3.41. The number of carbonyl (C=O) groups is 1. The molecule has 4 nitrogen and oxygen atoms in total. The van der Waals surface area contributed by atoms with Crippen molar-refractivity contribution in [3.05, 3.63) is 0 Å². The van der Waals surface area contributed by atoms with Crippen LogP contribution in [0.3, 0.4) is 0 Å². The predicted octanol–water partition coefficient (Wildman–Crippen LogP) is 1.30. The minimum absolute atomic E-state index is 0.0770. The third kappa shape index (κ3) is 4.94. The molecule has 0 atom stereocenters. The fourth-order valence-corrected chi connectivity index (χ4v) is 2.17. The summed E-state index contributed by atoms with van der Waals surface area (Å²) in [6.45, 7) is 9.51. The summed E-state index contributed by atoms with van der Waals surface area (Å²) < 4.78 is 0. The van der Waals surface area contributed by atoms with E-state index in [1.54, 1.807) is 0 Å². The number of likely N-dealkylation sites (N-methyl/N-ethyl adjacent to an activating group) is 1. The maximum Gasteiger partial charge on any atom is 0.236 e. The van der Waals surface area contributed by atoms with Crippen molar-refractivity contribution in [3.63, 3.8) is 0 Å². The van der Waals surface area contributed by atoms with Gasteiger partial charge in [0.1, 0.15) is 0 Å². The molecule has 0 aliphatic heterocycles. The van der Waals surface area contributed by atoms with Crippen LogP contribution in [0.25, 0.3) is 0 Å². The highest BCUT2D eigenvalue weighted by atomic mass is 16.2. The van der Waals surface area contributed by atoms with Crippen LogP contribution in [0.5, 0.6) is 0 Å². The monoisotopic (exact) mass is 255 g/mol. The Kier molecular flexibility index (Phi) is 5.60. The number of nitrogens with two attached hydrogens (primary N) is 1. The lowest BCUT2D eigenvalue weighted by Gasteiger charge is -2.32. The molecule has 1 amide bonds. The molecule has 0 aromatic carbocycles. The molecule has 18 heavy (non-hydrogen) atoms. The summed E-state index contributed by atoms with van der Waals surface area (Å²) in [7, 11) is 1.93. The Balaban J connectivity index is 2.48. The quantitative estimate of drug-likeness (QED) is 0.711. The molecule has 0 unspecified atom stereocenters. The minimum atomic E-state index is 0.0770. The van der Waals surface area contributed by atoms with Crippen LogP contribution in [0.2, 0.25) is 0 Å². The van der Waals surface area contributed by atoms with E-state index in [0.717, 1.165) is 19.5 Å². The molecular formula is C14H29N3O. The van der Waals surface area contributed by atoms with Gasteiger partial charge < -0.3 is 10.6 Å². The Bertz CT molecular complexity index is 274. The molecule has 0 bridgehead atoms. The van der Waals surface area contributed by atoms with Gasteiger partial charge in [0, 0.05) is 19.6 Å². The number of hydrogen-bond donors (Lipinski definition) is 1. The fourth-order valence-electron chi connectivity index (χ4n) is 2.17. The second-order valence-corrected chi connectivity index (χ2v) is 6.31. The minimum Gasteiger partial charge on any atom is -0.342 e. The lowest BCUT2D eigenvalue weighted by molar-refractivity contribution is -0.131. The highest BCUT2D eigenvalue weighted by molar-refractivity contribution is 5.78. The smallest absolute Gasteiger partial charge is 0.236 e. The molecule has 2 N–H and O–H groups in total. The summed E-state index contributed by atoms with van der Waals surface area (Å²) in [6, 6.07) is 0.503. The van der Waals surface area contributed by atoms with E-state index in [0.29, 0.717) is 19.1 Å². The van der Waals surface area contributed by atoms with Crippen molar-refractivity contribution in [2.24, 2.45) is 11.1 Å². The average molecular weight is 255 g/mol. The number of amides is 1. The Morgan fingerprint density at radius 3 is 2.44 bits per heavy atom. The second-order valence-electron chi connectivity index (χ2n) is 6.31. The zero-order valence-electron chi connectivity index (χ0n) is 12.4. The van der Waals surface area contributed by atoms with Gasteiger partial charge in [0.2, 0.25) is 5.91 Å². The third-order valence-corrected chi connectivity index (χ3v) is 3.59. The van der Waals surface area contributed by atoms with Gasteiger partial charge in [0.05, 0.1) is 6.54 Å². The molecule has 1 saturated carbocycles. The van der Waals surface area contributed by atoms with E-state index in [1.807, 2.05) is 11.9 Å². The highest BCUT2D eigenvalue weighted by Gasteiger charge is 2.30. The average Bonchev–Trinajstić information content (AvgIpc) is 3.11. The first-order valence-electron chi connectivity index (χ1n) is 7.07. The molecule has 1 fully saturated rings. The van der Waals surface area contributed by atoms with Crippen molar-refractivity contribution in [1.29, 1.82) is 0 Å². The van der Waals surface area contributed by atoms with Gasteiger partial charge in [-0.15, -0.1) is 0 Å². The standard InChI is InChI=1S/C14H29N3O/c1-5-8-17(11-14(2,3)10-15)9-13(18)16(4)12-6-7-12/h12H,5-11,15H2,1-4H3. The maximum atomic E-state index is 12.1. The Labute approximate surface area is 111 Å². The zero-order chi connectivity index (χ0) is 13.8. The second kappa shape index (κ2) is 6.53. The molecule has 0 aromatic rings. The molecule has 106 valence electrons. The molecule has 1 aliphatic carbocycles. The van der Waals surface area contributed by atoms with Crippen molar-refractivity contribution < 1.29 is 4.79 Å². The molecule has 1 rings (SSSR count). The van der Waals surface area contributed by atoms with Gasteiger partial charge in [-0.25, -0.2) is 0 Å². The van der Waals surface area contributed by atoms with Gasteiger partial charge in [0.15, 0.2) is 0 Å². The van der Waals surface area contributed by atoms with E-state index in [2.05, 4.69) is 25.7 Å². The van der Waals surface area contributed by atoms with Crippen molar-refractivity contribution in [1.82, 2.24) is 9.80 Å². The van der Waals surface area contributed by atoms with E-state index >= 15 is 0 Å². The van der Waals surface area contributed by atoms with Crippen LogP contribution in [-0.2, 0) is 4.79 Å². The summed E-state index contributed by atoms with van der Waals surface area (Å²) in [4.78, 5) is 16.3. The first kappa shape index (κ1) is 15.4. The summed E-state index contributed by atoms with van der Waals surface area (Å²) >= 11 is 0. The summed E-state index contributed by atoms with van der Waals surface area (Å²) in [5, 5.41) is 0. The number of hydrogen-bond acceptors (Lipinski definition) is 3. The van der Waals surface area contributed by atoms with Gasteiger partial charge in [-0.2, -0.15) is 0 Å². The van der Waals surface area contributed by atoms with Crippen LogP contribution in [0.4, 0.5) is 0 Å². The molecule has 0 radical (unpaired) electrons. The van der Waals surface area contributed by atoms with E-state index < -0.39 is 0 Å². The van der Waals surface area contributed by atoms with E-state index in [1.165, 1.54) is 12.8 Å². The van der Waals surface area contributed by atoms with Crippen LogP contribution in [-0.4, -0.2) is 55.0 Å². The number of rotatable bonds is 8. The third-order valence-electron chi connectivity index (χ3n) is 3.59. The highest BCUT2D eigenvalue weighted by Crippen LogP contribution is 2.25. The Morgan fingerprint density at radius 1 is 1.39 bits per heavy atom. The van der Waals surface area contributed by atoms with Crippen molar-refractivity contribution in [3.8, 4) is 0 Å². The van der Waals surface area contributed by atoms with E-state index in [-0.39, 0.29) is 11.3 Å². The van der Waals surface area contributed by atoms with Crippen LogP contribution in [0.15, 0.2) is 0 Å². The molecule has 1 aliphatic rings. The molecular weight excluding hydrogens is 226 g/mol. The molecule has 0 aromatic heterocycles. The number of carbonyl (C=O) groups excluding carboxylic acids is 1. The van der Waals surface area contributed by atoms with Gasteiger partial charge in [-0.3, -0.25) is 9.69 Å². The van der Waals surface area contributed by atoms with Gasteiger partial charge in [-0.1, -0.05) is 20.8 Å². The zero-order valence-corrected chi connectivity index (χ0v) is 12.4. The summed E-state index contributed by atoms with van der Waals surface area (Å²) in [5.74, 6) is 0.249. The van der Waals surface area contributed by atoms with Crippen LogP contribution < -0.4 is 5.73 Å². The molecule has 0 heterocycles. The van der Waals surface area contributed by atoms with Crippen LogP contribution >= 0.6 is 0 Å². The van der Waals surface area contributed by atoms with Gasteiger partial charge >= 0.3 is 0 Å². The van der Waals surface area contributed by atoms with Gasteiger partial charge in [0.25, 0.3) is 0 Å². The largest absolute Gasteiger partial charge is 0.342 e. The Morgan fingerprint density at radius 2 is 2.00 bits per heavy atom. The summed E-state index contributed by atoms with van der Waals surface area (Å²) in [5.41, 5.74) is 5.85. The first-order chi connectivity index (χ1) is 8.39. The predicted molar refractivity (Wildman–Crippen MR) is 75.4 cm³/mol. The normalized spacial score (nSPS) is 16.1. The van der Waals surface area contributed by atoms with Crippen LogP contribution in [0.1, 0.15) is 40.0 Å². The van der Waals surface area contributed by atoms with Crippen molar-refractivity contribution in [2.45, 2.75) is 46.1 Å². The maximum absolute atomic E-state index is 12.1. The SMILES string of the molecule is CCCN(CC(=O)N(C)C1CC1)CC(C)(C)CN. The first-order valence-corrected chi connectivity index (χ1v) is 7.07. The Hall–Kier alpha value is -0.610. The molecule has 4 heteroatoms. The van der Waals surface area contributed by atoms with E-state index in [9.17, 15) is 4.79 Å². The fraction of sp³-hybridized carbons (Fsp3) is 0.929. The van der Waals surface area contributed by atoms with Crippen molar-refractivity contribution in [2.75, 3.05) is 33.2 Å². The topological polar surface area (TPSA) is 49.6 Å². The lowest BCUT2D eigenvalue weighted by Crippen LogP contribution is -2.45. The van der Waals surface area contributed by atoms with Gasteiger partial charge in [-0.05, 0) is 37.8 Å². The molecule has 0 saturated heterocycles. The van der Waals surface area contributed by atoms with Crippen LogP contribution in [0, 0.1) is 5.41 Å². The lowest BCUT2D eigenvalue weighted by atomic mass is 9.93.